The number of methoxy groups -OCH3 is 3. The summed E-state index contributed by atoms with van der Waals surface area (Å²) < 4.78 is 66.2. The molecule has 2 aromatic carbocycles. The molecule has 2 aromatic rings. The molecular weight excluding hydrogens is 835 g/mol. The maximum absolute atomic E-state index is 15.7. The number of amides is 5. The van der Waals surface area contributed by atoms with E-state index in [0.717, 1.165) is 18.6 Å². The van der Waals surface area contributed by atoms with Gasteiger partial charge < -0.3 is 49.5 Å². The summed E-state index contributed by atoms with van der Waals surface area (Å²) in [5.41, 5.74) is 3.74. The van der Waals surface area contributed by atoms with Gasteiger partial charge in [-0.2, -0.15) is 0 Å². The van der Waals surface area contributed by atoms with Crippen LogP contribution in [0.5, 0.6) is 17.2 Å². The van der Waals surface area contributed by atoms with Crippen LogP contribution in [0.3, 0.4) is 0 Å². The molecule has 5 fully saturated rings. The molecule has 5 aliphatic rings. The summed E-state index contributed by atoms with van der Waals surface area (Å²) in [6, 6.07) is 0.338. The van der Waals surface area contributed by atoms with E-state index in [1.54, 1.807) is 20.8 Å². The Morgan fingerprint density at radius 1 is 0.984 bits per heavy atom. The Kier molecular flexibility index (Phi) is 13.4. The van der Waals surface area contributed by atoms with Crippen LogP contribution in [0.15, 0.2) is 18.2 Å². The van der Waals surface area contributed by atoms with Crippen LogP contribution in [0.2, 0.25) is 5.02 Å². The molecule has 2 aliphatic heterocycles. The molecule has 2 heterocycles. The Balaban J connectivity index is 1.40. The first-order chi connectivity index (χ1) is 29.1. The number of ether oxygens (including phenoxy) is 4. The lowest BCUT2D eigenvalue weighted by Gasteiger charge is -2.67. The minimum absolute atomic E-state index is 0.00271. The highest BCUT2D eigenvalue weighted by Gasteiger charge is 2.69. The van der Waals surface area contributed by atoms with E-state index in [1.165, 1.54) is 32.3 Å². The van der Waals surface area contributed by atoms with Crippen molar-refractivity contribution in [1.29, 1.82) is 0 Å². The standard InChI is InChI=1S/C42H55BClF2N5O11/c1-40(2,3)60-38(55)28-24(45)12-11-21(31(28)57-7)17-27(43-61-26-18-22-20-42(6,34(26)62-43)41(22,4)5)48-35(52)30(23-19-25(46)32(58-8)33(59-9)29(23)44)49-39(56)51-16-15-50(14-10-13-47)36(53)37(51)54/h11-12,19,22,26-27,30,34H,10,13-18,20,47H2,1-9H3,(H,48,52)(H,49,56)/t22-,26?,27+,30?,34?,42?/m1/s1. The van der Waals surface area contributed by atoms with E-state index >= 15 is 8.78 Å². The summed E-state index contributed by atoms with van der Waals surface area (Å²) in [7, 11) is 2.50. The van der Waals surface area contributed by atoms with E-state index in [9.17, 15) is 24.0 Å². The van der Waals surface area contributed by atoms with E-state index in [0.29, 0.717) is 23.7 Å². The summed E-state index contributed by atoms with van der Waals surface area (Å²) in [6.45, 7) is 11.7. The van der Waals surface area contributed by atoms with Crippen molar-refractivity contribution >= 4 is 48.4 Å². The zero-order valence-electron chi connectivity index (χ0n) is 36.4. The fraction of sp³-hybridized carbons (Fsp3) is 0.595. The molecule has 3 saturated carbocycles. The van der Waals surface area contributed by atoms with Crippen molar-refractivity contribution in [3.63, 3.8) is 0 Å². The number of nitrogens with two attached hydrogens (primary N) is 1. The predicted octanol–water partition coefficient (Wildman–Crippen LogP) is 4.36. The number of esters is 1. The summed E-state index contributed by atoms with van der Waals surface area (Å²) in [5, 5.41) is 5.06. The van der Waals surface area contributed by atoms with Crippen LogP contribution in [0.25, 0.3) is 0 Å². The first-order valence-corrected chi connectivity index (χ1v) is 20.9. The molecule has 7 rings (SSSR count). The molecular formula is C42H55BClF2N5O11. The quantitative estimate of drug-likeness (QED) is 0.138. The molecule has 0 radical (unpaired) electrons. The number of imide groups is 1. The average Bonchev–Trinajstić information content (AvgIpc) is 3.66. The second-order valence-corrected chi connectivity index (χ2v) is 18.3. The number of nitrogens with one attached hydrogen (secondary N) is 2. The zero-order chi connectivity index (χ0) is 45.6. The van der Waals surface area contributed by atoms with Crippen molar-refractivity contribution in [2.75, 3.05) is 47.5 Å². The van der Waals surface area contributed by atoms with Gasteiger partial charge in [0.15, 0.2) is 17.3 Å². The summed E-state index contributed by atoms with van der Waals surface area (Å²) in [6.07, 6.45) is 1.11. The Hall–Kier alpha value is -4.72. The van der Waals surface area contributed by atoms with Gasteiger partial charge in [0.05, 0.1) is 44.5 Å². The van der Waals surface area contributed by atoms with Crippen LogP contribution in [0.4, 0.5) is 13.6 Å². The molecule has 3 aliphatic carbocycles. The minimum Gasteiger partial charge on any atom is -0.495 e. The van der Waals surface area contributed by atoms with Gasteiger partial charge in [-0.3, -0.25) is 19.3 Å². The van der Waals surface area contributed by atoms with Crippen LogP contribution in [-0.2, 0) is 34.9 Å². The molecule has 338 valence electrons. The van der Waals surface area contributed by atoms with Crippen LogP contribution < -0.4 is 30.6 Å². The monoisotopic (exact) mass is 889 g/mol. The molecule has 4 unspecified atom stereocenters. The lowest BCUT2D eigenvalue weighted by molar-refractivity contribution is -0.220. The molecule has 16 nitrogen and oxygen atoms in total. The Labute approximate surface area is 364 Å². The molecule has 2 saturated heterocycles. The first-order valence-electron chi connectivity index (χ1n) is 20.5. The maximum Gasteiger partial charge on any atom is 0.481 e. The lowest BCUT2D eigenvalue weighted by Crippen LogP contribution is -2.66. The number of nitrogens with zero attached hydrogens (tertiary/aromatic N) is 2. The lowest BCUT2D eigenvalue weighted by atomic mass is 9.39. The number of piperazine rings is 1. The Bertz CT molecular complexity index is 2120. The number of urea groups is 1. The topological polar surface area (TPSA) is 197 Å². The molecule has 6 atom stereocenters. The average molecular weight is 890 g/mol. The van der Waals surface area contributed by atoms with Gasteiger partial charge in [0.2, 0.25) is 5.91 Å². The van der Waals surface area contributed by atoms with E-state index in [-0.39, 0.29) is 89.0 Å². The highest BCUT2D eigenvalue weighted by atomic mass is 35.5. The maximum atomic E-state index is 15.7. The van der Waals surface area contributed by atoms with Crippen molar-refractivity contribution in [2.45, 2.75) is 97.0 Å². The van der Waals surface area contributed by atoms with Crippen LogP contribution in [-0.4, -0.2) is 118 Å². The van der Waals surface area contributed by atoms with Crippen molar-refractivity contribution in [2.24, 2.45) is 22.5 Å². The summed E-state index contributed by atoms with van der Waals surface area (Å²) in [4.78, 5) is 70.4. The van der Waals surface area contributed by atoms with Gasteiger partial charge >= 0.3 is 30.9 Å². The second kappa shape index (κ2) is 17.8. The number of hydrogen-bond acceptors (Lipinski definition) is 12. The third-order valence-corrected chi connectivity index (χ3v) is 13.3. The number of hydrogen-bond donors (Lipinski definition) is 3. The highest BCUT2D eigenvalue weighted by Crippen LogP contribution is 2.69. The highest BCUT2D eigenvalue weighted by molar-refractivity contribution is 6.48. The number of carbonyl (C=O) groups excluding carboxylic acids is 5. The van der Waals surface area contributed by atoms with Crippen molar-refractivity contribution in [3.8, 4) is 17.2 Å². The number of halogens is 3. The largest absolute Gasteiger partial charge is 0.495 e. The molecule has 2 bridgehead atoms. The van der Waals surface area contributed by atoms with Gasteiger partial charge in [-0.05, 0) is 82.0 Å². The van der Waals surface area contributed by atoms with Gasteiger partial charge in [0.1, 0.15) is 28.8 Å². The van der Waals surface area contributed by atoms with Gasteiger partial charge in [0, 0.05) is 30.6 Å². The van der Waals surface area contributed by atoms with Crippen LogP contribution in [0.1, 0.15) is 88.3 Å². The molecule has 5 amide bonds. The van der Waals surface area contributed by atoms with Crippen molar-refractivity contribution in [3.05, 3.63) is 51.5 Å². The third kappa shape index (κ3) is 8.52. The third-order valence-electron chi connectivity index (χ3n) is 12.9. The van der Waals surface area contributed by atoms with Crippen molar-refractivity contribution < 1.29 is 61.0 Å². The van der Waals surface area contributed by atoms with Gasteiger partial charge in [-0.1, -0.05) is 38.4 Å². The Morgan fingerprint density at radius 2 is 1.66 bits per heavy atom. The van der Waals surface area contributed by atoms with E-state index in [1.807, 2.05) is 0 Å². The van der Waals surface area contributed by atoms with Gasteiger partial charge in [-0.15, -0.1) is 0 Å². The van der Waals surface area contributed by atoms with Gasteiger partial charge in [-0.25, -0.2) is 18.4 Å². The summed E-state index contributed by atoms with van der Waals surface area (Å²) in [5.74, 6) is -7.59. The normalized spacial score (nSPS) is 23.8. The molecule has 0 aromatic heterocycles. The smallest absolute Gasteiger partial charge is 0.481 e. The van der Waals surface area contributed by atoms with E-state index in [4.69, 9.17) is 45.6 Å². The first kappa shape index (κ1) is 46.8. The summed E-state index contributed by atoms with van der Waals surface area (Å²) >= 11 is 6.78. The van der Waals surface area contributed by atoms with Crippen LogP contribution in [0, 0.1) is 28.4 Å². The molecule has 62 heavy (non-hydrogen) atoms. The minimum atomic E-state index is -1.86. The van der Waals surface area contributed by atoms with E-state index in [2.05, 4.69) is 31.4 Å². The second-order valence-electron chi connectivity index (χ2n) is 17.9. The number of benzene rings is 2. The SMILES string of the molecule is COc1c(F)cc(C(NC(=O)N2CCN(CCCN)C(=O)C2=O)C(=O)N[C@@H](Cc2ccc(F)c(C(=O)OC(C)(C)C)c2OC)B2OC3C[C@@H]4CC(C)(C3O2)C4(C)C)c(Cl)c1OC. The van der Waals surface area contributed by atoms with Crippen molar-refractivity contribution in [1.82, 2.24) is 20.4 Å². The predicted molar refractivity (Wildman–Crippen MR) is 222 cm³/mol. The van der Waals surface area contributed by atoms with E-state index < -0.39 is 71.6 Å². The molecule has 4 N–H and O–H groups in total. The van der Waals surface area contributed by atoms with Crippen LogP contribution >= 0.6 is 11.6 Å². The van der Waals surface area contributed by atoms with Gasteiger partial charge in [0.25, 0.3) is 0 Å². The molecule has 0 spiro atoms. The fourth-order valence-corrected chi connectivity index (χ4v) is 9.54. The zero-order valence-corrected chi connectivity index (χ0v) is 37.2. The number of rotatable bonds is 14. The fourth-order valence-electron chi connectivity index (χ4n) is 9.21. The Morgan fingerprint density at radius 3 is 2.27 bits per heavy atom. The molecule has 20 heteroatoms. The number of carbonyl (C=O) groups is 5.